The molecule has 2 aromatic carbocycles. The first-order valence-electron chi connectivity index (χ1n) is 9.67. The number of fused-ring (bicyclic) bond motifs is 1. The van der Waals surface area contributed by atoms with Gasteiger partial charge in [0.25, 0.3) is 11.8 Å². The Morgan fingerprint density at radius 1 is 1.04 bits per heavy atom. The van der Waals surface area contributed by atoms with Crippen molar-refractivity contribution in [2.24, 2.45) is 0 Å². The Balaban J connectivity index is 1.60. The van der Waals surface area contributed by atoms with Crippen LogP contribution in [-0.2, 0) is 6.42 Å². The summed E-state index contributed by atoms with van der Waals surface area (Å²) in [5, 5.41) is 6.77. The van der Waals surface area contributed by atoms with Crippen molar-refractivity contribution < 1.29 is 9.59 Å². The van der Waals surface area contributed by atoms with E-state index >= 15 is 0 Å². The van der Waals surface area contributed by atoms with Gasteiger partial charge < -0.3 is 10.6 Å². The van der Waals surface area contributed by atoms with Gasteiger partial charge in [-0.15, -0.1) is 0 Å². The van der Waals surface area contributed by atoms with Crippen LogP contribution >= 0.6 is 0 Å². The Morgan fingerprint density at radius 2 is 1.75 bits per heavy atom. The van der Waals surface area contributed by atoms with Gasteiger partial charge in [-0.3, -0.25) is 14.6 Å². The molecule has 0 unspecified atom stereocenters. The Hall–Kier alpha value is -3.21. The summed E-state index contributed by atoms with van der Waals surface area (Å²) in [5.74, 6) is -0.232. The maximum Gasteiger partial charge on any atom is 0.256 e. The second kappa shape index (κ2) is 7.43. The third kappa shape index (κ3) is 3.60. The summed E-state index contributed by atoms with van der Waals surface area (Å²) in [5.41, 5.74) is 4.56. The molecule has 0 saturated heterocycles. The summed E-state index contributed by atoms with van der Waals surface area (Å²) in [6.07, 6.45) is 2.87. The van der Waals surface area contributed by atoms with Gasteiger partial charge in [0, 0.05) is 28.4 Å². The van der Waals surface area contributed by atoms with Crippen molar-refractivity contribution in [2.45, 2.75) is 39.2 Å². The third-order valence-electron chi connectivity index (χ3n) is 5.12. The Morgan fingerprint density at radius 3 is 2.43 bits per heavy atom. The molecule has 5 heteroatoms. The first-order chi connectivity index (χ1) is 13.6. The molecule has 0 bridgehead atoms. The van der Waals surface area contributed by atoms with Crippen LogP contribution in [0.4, 0.5) is 5.69 Å². The van der Waals surface area contributed by atoms with Gasteiger partial charge in [-0.05, 0) is 62.1 Å². The summed E-state index contributed by atoms with van der Waals surface area (Å²) in [6.45, 7) is 3.98. The maximum absolute atomic E-state index is 13.1. The molecule has 5 nitrogen and oxygen atoms in total. The van der Waals surface area contributed by atoms with Gasteiger partial charge in [-0.25, -0.2) is 0 Å². The van der Waals surface area contributed by atoms with E-state index in [-0.39, 0.29) is 11.8 Å². The van der Waals surface area contributed by atoms with Crippen molar-refractivity contribution in [1.82, 2.24) is 10.3 Å². The van der Waals surface area contributed by atoms with E-state index in [1.54, 1.807) is 24.3 Å². The summed E-state index contributed by atoms with van der Waals surface area (Å²) >= 11 is 0. The van der Waals surface area contributed by atoms with Gasteiger partial charge in [0.05, 0.1) is 11.1 Å². The molecule has 2 N–H and O–H groups in total. The van der Waals surface area contributed by atoms with E-state index in [2.05, 4.69) is 15.6 Å². The zero-order valence-corrected chi connectivity index (χ0v) is 16.1. The summed E-state index contributed by atoms with van der Waals surface area (Å²) < 4.78 is 0. The summed E-state index contributed by atoms with van der Waals surface area (Å²) in [7, 11) is 0. The lowest BCUT2D eigenvalue weighted by Gasteiger charge is -2.14. The predicted octanol–water partition coefficient (Wildman–Crippen LogP) is 4.25. The molecular weight excluding hydrogens is 350 g/mol. The quantitative estimate of drug-likeness (QED) is 0.702. The lowest BCUT2D eigenvalue weighted by Crippen LogP contribution is -2.25. The van der Waals surface area contributed by atoms with Crippen LogP contribution in [0.3, 0.4) is 0 Å². The third-order valence-corrected chi connectivity index (χ3v) is 5.12. The van der Waals surface area contributed by atoms with Crippen LogP contribution in [0.5, 0.6) is 0 Å². The molecule has 2 amide bonds. The standard InChI is InChI=1S/C23H23N3O2/c1-3-19-14(2)21(18-6-4-5-7-20(18)26-19)23(28)25-16-10-8-15(9-11-16)22(27)24-17-12-13-17/h4-11,17H,3,12-13H2,1-2H3,(H,24,27)(H,25,28). The number of rotatable bonds is 5. The van der Waals surface area contributed by atoms with E-state index in [1.165, 1.54) is 0 Å². The fraction of sp³-hybridized carbons (Fsp3) is 0.261. The van der Waals surface area contributed by atoms with Crippen LogP contribution in [0.1, 0.15) is 51.7 Å². The SMILES string of the molecule is CCc1nc2ccccc2c(C(=O)Nc2ccc(C(=O)NC3CC3)cc2)c1C. The molecule has 142 valence electrons. The monoisotopic (exact) mass is 373 g/mol. The largest absolute Gasteiger partial charge is 0.349 e. The zero-order chi connectivity index (χ0) is 19.7. The number of aromatic nitrogens is 1. The van der Waals surface area contributed by atoms with Crippen molar-refractivity contribution in [3.05, 3.63) is 70.9 Å². The van der Waals surface area contributed by atoms with Crippen LogP contribution in [0.15, 0.2) is 48.5 Å². The normalized spacial score (nSPS) is 13.4. The Bertz CT molecular complexity index is 1050. The maximum atomic E-state index is 13.1. The fourth-order valence-corrected chi connectivity index (χ4v) is 3.39. The number of nitrogens with zero attached hydrogens (tertiary/aromatic N) is 1. The average Bonchev–Trinajstić information content (AvgIpc) is 3.51. The minimum Gasteiger partial charge on any atom is -0.349 e. The van der Waals surface area contributed by atoms with Crippen LogP contribution in [0.25, 0.3) is 10.9 Å². The van der Waals surface area contributed by atoms with Crippen molar-refractivity contribution in [3.63, 3.8) is 0 Å². The molecular formula is C23H23N3O2. The van der Waals surface area contributed by atoms with Gasteiger partial charge in [0.2, 0.25) is 0 Å². The van der Waals surface area contributed by atoms with E-state index in [0.717, 1.165) is 41.4 Å². The molecule has 0 atom stereocenters. The van der Waals surface area contributed by atoms with Gasteiger partial charge in [0.15, 0.2) is 0 Å². The van der Waals surface area contributed by atoms with Crippen molar-refractivity contribution in [3.8, 4) is 0 Å². The molecule has 0 radical (unpaired) electrons. The number of benzene rings is 2. The predicted molar refractivity (Wildman–Crippen MR) is 111 cm³/mol. The molecule has 1 aromatic heterocycles. The van der Waals surface area contributed by atoms with E-state index in [0.29, 0.717) is 22.9 Å². The second-order valence-electron chi connectivity index (χ2n) is 7.21. The molecule has 1 fully saturated rings. The van der Waals surface area contributed by atoms with E-state index in [4.69, 9.17) is 0 Å². The van der Waals surface area contributed by atoms with E-state index < -0.39 is 0 Å². The molecule has 28 heavy (non-hydrogen) atoms. The number of amides is 2. The molecule has 1 aliphatic rings. The van der Waals surface area contributed by atoms with Crippen LogP contribution in [0, 0.1) is 6.92 Å². The smallest absolute Gasteiger partial charge is 0.256 e. The first-order valence-corrected chi connectivity index (χ1v) is 9.67. The highest BCUT2D eigenvalue weighted by Gasteiger charge is 2.23. The number of anilines is 1. The number of para-hydroxylation sites is 1. The number of hydrogen-bond acceptors (Lipinski definition) is 3. The van der Waals surface area contributed by atoms with Gasteiger partial charge >= 0.3 is 0 Å². The van der Waals surface area contributed by atoms with Gasteiger partial charge in [-0.2, -0.15) is 0 Å². The number of aryl methyl sites for hydroxylation is 1. The molecule has 1 heterocycles. The Kier molecular flexibility index (Phi) is 4.82. The van der Waals surface area contributed by atoms with Crippen LogP contribution < -0.4 is 10.6 Å². The second-order valence-corrected chi connectivity index (χ2v) is 7.21. The lowest BCUT2D eigenvalue weighted by molar-refractivity contribution is 0.0950. The zero-order valence-electron chi connectivity index (χ0n) is 16.1. The van der Waals surface area contributed by atoms with Gasteiger partial charge in [0.1, 0.15) is 0 Å². The van der Waals surface area contributed by atoms with Crippen LogP contribution in [-0.4, -0.2) is 22.8 Å². The summed E-state index contributed by atoms with van der Waals surface area (Å²) in [6, 6.07) is 15.0. The number of hydrogen-bond donors (Lipinski definition) is 2. The molecule has 4 rings (SSSR count). The molecule has 1 saturated carbocycles. The molecule has 0 aliphatic heterocycles. The van der Waals surface area contributed by atoms with Gasteiger partial charge in [-0.1, -0.05) is 25.1 Å². The van der Waals surface area contributed by atoms with Crippen molar-refractivity contribution >= 4 is 28.4 Å². The molecule has 3 aromatic rings. The highest BCUT2D eigenvalue weighted by atomic mass is 16.2. The highest BCUT2D eigenvalue weighted by molar-refractivity contribution is 6.13. The fourth-order valence-electron chi connectivity index (χ4n) is 3.39. The Labute approximate surface area is 164 Å². The van der Waals surface area contributed by atoms with E-state index in [9.17, 15) is 9.59 Å². The minimum atomic E-state index is -0.166. The number of nitrogens with one attached hydrogen (secondary N) is 2. The number of pyridine rings is 1. The minimum absolute atomic E-state index is 0.0658. The lowest BCUT2D eigenvalue weighted by atomic mass is 9.99. The van der Waals surface area contributed by atoms with Crippen molar-refractivity contribution in [1.29, 1.82) is 0 Å². The number of carbonyl (C=O) groups is 2. The number of carbonyl (C=O) groups excluding carboxylic acids is 2. The van der Waals surface area contributed by atoms with Crippen molar-refractivity contribution in [2.75, 3.05) is 5.32 Å². The molecule has 1 aliphatic carbocycles. The average molecular weight is 373 g/mol. The van der Waals surface area contributed by atoms with Crippen LogP contribution in [0.2, 0.25) is 0 Å². The van der Waals surface area contributed by atoms with E-state index in [1.807, 2.05) is 38.1 Å². The highest BCUT2D eigenvalue weighted by Crippen LogP contribution is 2.25. The topological polar surface area (TPSA) is 71.1 Å². The first kappa shape index (κ1) is 18.2. The summed E-state index contributed by atoms with van der Waals surface area (Å²) in [4.78, 5) is 29.9. The molecule has 0 spiro atoms.